The smallest absolute Gasteiger partial charge is 0.410 e. The highest BCUT2D eigenvalue weighted by atomic mass is 19.1. The molecule has 6 heteroatoms. The van der Waals surface area contributed by atoms with Crippen LogP contribution in [-0.4, -0.2) is 41.8 Å². The van der Waals surface area contributed by atoms with Gasteiger partial charge < -0.3 is 14.4 Å². The summed E-state index contributed by atoms with van der Waals surface area (Å²) in [4.78, 5) is 18.3. The van der Waals surface area contributed by atoms with Crippen molar-refractivity contribution < 1.29 is 18.7 Å². The van der Waals surface area contributed by atoms with E-state index in [0.29, 0.717) is 30.0 Å². The lowest BCUT2D eigenvalue weighted by atomic mass is 10.1. The second-order valence-corrected chi connectivity index (χ2v) is 6.97. The zero-order chi connectivity index (χ0) is 18.2. The van der Waals surface area contributed by atoms with E-state index in [0.717, 1.165) is 11.0 Å². The molecule has 25 heavy (non-hydrogen) atoms. The molecule has 0 radical (unpaired) electrons. The number of rotatable bonds is 2. The van der Waals surface area contributed by atoms with Gasteiger partial charge in [0.15, 0.2) is 0 Å². The number of hydrogen-bond acceptors (Lipinski definition) is 4. The van der Waals surface area contributed by atoms with Crippen molar-refractivity contribution in [3.8, 4) is 5.88 Å². The number of carbonyl (C=O) groups is 1. The van der Waals surface area contributed by atoms with Crippen molar-refractivity contribution in [2.24, 2.45) is 0 Å². The fourth-order valence-corrected chi connectivity index (χ4v) is 2.72. The first-order chi connectivity index (χ1) is 11.8. The van der Waals surface area contributed by atoms with Crippen LogP contribution < -0.4 is 4.74 Å². The van der Waals surface area contributed by atoms with Gasteiger partial charge in [0.05, 0.1) is 19.3 Å². The van der Waals surface area contributed by atoms with Gasteiger partial charge in [-0.15, -0.1) is 0 Å². The summed E-state index contributed by atoms with van der Waals surface area (Å²) in [5.74, 6) is 0.0279. The van der Waals surface area contributed by atoms with Crippen molar-refractivity contribution in [2.75, 3.05) is 20.2 Å². The molecule has 0 unspecified atom stereocenters. The van der Waals surface area contributed by atoms with E-state index in [-0.39, 0.29) is 11.9 Å². The van der Waals surface area contributed by atoms with E-state index in [1.807, 2.05) is 32.9 Å². The predicted molar refractivity (Wildman–Crippen MR) is 94.0 cm³/mol. The maximum absolute atomic E-state index is 13.5. The van der Waals surface area contributed by atoms with Crippen LogP contribution in [0.3, 0.4) is 0 Å². The SMILES string of the molecule is COc1nc(C2=CCN(C(=O)OC(C)(C)C)C2)cc2ccc(F)cc12. The average molecular weight is 344 g/mol. The summed E-state index contributed by atoms with van der Waals surface area (Å²) in [5.41, 5.74) is 1.09. The van der Waals surface area contributed by atoms with Crippen LogP contribution in [0, 0.1) is 5.82 Å². The highest BCUT2D eigenvalue weighted by molar-refractivity contribution is 5.90. The third kappa shape index (κ3) is 3.73. The first-order valence-corrected chi connectivity index (χ1v) is 8.08. The minimum absolute atomic E-state index is 0.337. The Hall–Kier alpha value is -2.63. The van der Waals surface area contributed by atoms with Crippen molar-refractivity contribution in [3.63, 3.8) is 0 Å². The number of benzene rings is 1. The van der Waals surface area contributed by atoms with Crippen LogP contribution in [0.2, 0.25) is 0 Å². The van der Waals surface area contributed by atoms with Gasteiger partial charge in [-0.25, -0.2) is 14.2 Å². The molecular formula is C19H21FN2O3. The Morgan fingerprint density at radius 3 is 2.72 bits per heavy atom. The van der Waals surface area contributed by atoms with Crippen LogP contribution in [0.4, 0.5) is 9.18 Å². The zero-order valence-corrected chi connectivity index (χ0v) is 14.8. The minimum atomic E-state index is -0.533. The van der Waals surface area contributed by atoms with E-state index in [9.17, 15) is 9.18 Å². The lowest BCUT2D eigenvalue weighted by molar-refractivity contribution is 0.0306. The Balaban J connectivity index is 1.86. The zero-order valence-electron chi connectivity index (χ0n) is 14.8. The molecule has 0 fully saturated rings. The predicted octanol–water partition coefficient (Wildman–Crippen LogP) is 4.02. The molecular weight excluding hydrogens is 323 g/mol. The molecule has 0 bridgehead atoms. The van der Waals surface area contributed by atoms with Crippen molar-refractivity contribution >= 4 is 22.4 Å². The van der Waals surface area contributed by atoms with Crippen molar-refractivity contribution in [1.82, 2.24) is 9.88 Å². The van der Waals surface area contributed by atoms with Gasteiger partial charge in [0.2, 0.25) is 5.88 Å². The molecule has 1 aliphatic heterocycles. The molecule has 0 N–H and O–H groups in total. The Bertz CT molecular complexity index is 856. The standard InChI is InChI=1S/C19H21FN2O3/c1-19(2,3)25-18(23)22-8-7-13(11-22)16-9-12-5-6-14(20)10-15(12)17(21-16)24-4/h5-7,9-10H,8,11H2,1-4H3. The number of aromatic nitrogens is 1. The molecule has 132 valence electrons. The lowest BCUT2D eigenvalue weighted by Gasteiger charge is -2.24. The Labute approximate surface area is 146 Å². The number of ether oxygens (including phenoxy) is 2. The van der Waals surface area contributed by atoms with Gasteiger partial charge in [0, 0.05) is 11.9 Å². The normalized spacial score (nSPS) is 14.6. The third-order valence-corrected chi connectivity index (χ3v) is 3.85. The minimum Gasteiger partial charge on any atom is -0.481 e. The average Bonchev–Trinajstić information content (AvgIpc) is 3.02. The molecule has 3 rings (SSSR count). The van der Waals surface area contributed by atoms with Crippen molar-refractivity contribution in [1.29, 1.82) is 0 Å². The van der Waals surface area contributed by atoms with E-state index in [1.165, 1.54) is 19.2 Å². The van der Waals surface area contributed by atoms with Crippen LogP contribution in [0.15, 0.2) is 30.3 Å². The second kappa shape index (κ2) is 6.35. The molecule has 0 aliphatic carbocycles. The monoisotopic (exact) mass is 344 g/mol. The van der Waals surface area contributed by atoms with E-state index in [2.05, 4.69) is 4.98 Å². The fraction of sp³-hybridized carbons (Fsp3) is 0.368. The molecule has 0 saturated heterocycles. The molecule has 0 atom stereocenters. The molecule has 1 aromatic heterocycles. The fourth-order valence-electron chi connectivity index (χ4n) is 2.72. The Morgan fingerprint density at radius 2 is 2.04 bits per heavy atom. The molecule has 1 aromatic carbocycles. The first-order valence-electron chi connectivity index (χ1n) is 8.08. The van der Waals surface area contributed by atoms with Crippen LogP contribution in [0.1, 0.15) is 26.5 Å². The van der Waals surface area contributed by atoms with E-state index >= 15 is 0 Å². The summed E-state index contributed by atoms with van der Waals surface area (Å²) in [7, 11) is 1.51. The number of amides is 1. The van der Waals surface area contributed by atoms with E-state index in [4.69, 9.17) is 9.47 Å². The number of fused-ring (bicyclic) bond motifs is 1. The maximum Gasteiger partial charge on any atom is 0.410 e. The molecule has 5 nitrogen and oxygen atoms in total. The van der Waals surface area contributed by atoms with Crippen LogP contribution in [0.25, 0.3) is 16.3 Å². The van der Waals surface area contributed by atoms with Crippen LogP contribution in [0.5, 0.6) is 5.88 Å². The quantitative estimate of drug-likeness (QED) is 0.826. The van der Waals surface area contributed by atoms with Gasteiger partial charge >= 0.3 is 6.09 Å². The molecule has 2 heterocycles. The number of carbonyl (C=O) groups excluding carboxylic acids is 1. The van der Waals surface area contributed by atoms with Crippen molar-refractivity contribution in [3.05, 3.63) is 41.9 Å². The summed E-state index contributed by atoms with van der Waals surface area (Å²) in [6.07, 6.45) is 1.59. The number of hydrogen-bond donors (Lipinski definition) is 0. The van der Waals surface area contributed by atoms with Gasteiger partial charge in [0.25, 0.3) is 0 Å². The molecule has 0 saturated carbocycles. The summed E-state index contributed by atoms with van der Waals surface area (Å²) in [5, 5.41) is 1.45. The summed E-state index contributed by atoms with van der Waals surface area (Å²) >= 11 is 0. The topological polar surface area (TPSA) is 51.7 Å². The largest absolute Gasteiger partial charge is 0.481 e. The molecule has 0 spiro atoms. The maximum atomic E-state index is 13.5. The number of methoxy groups -OCH3 is 1. The number of pyridine rings is 1. The van der Waals surface area contributed by atoms with Gasteiger partial charge in [-0.3, -0.25) is 0 Å². The van der Waals surface area contributed by atoms with E-state index in [1.54, 1.807) is 11.0 Å². The summed E-state index contributed by atoms with van der Waals surface area (Å²) in [6.45, 7) is 6.39. The van der Waals surface area contributed by atoms with Crippen LogP contribution >= 0.6 is 0 Å². The Morgan fingerprint density at radius 1 is 1.28 bits per heavy atom. The van der Waals surface area contributed by atoms with Gasteiger partial charge in [-0.1, -0.05) is 12.1 Å². The summed E-state index contributed by atoms with van der Waals surface area (Å²) < 4.78 is 24.2. The molecule has 2 aromatic rings. The molecule has 1 amide bonds. The lowest BCUT2D eigenvalue weighted by Crippen LogP contribution is -2.35. The third-order valence-electron chi connectivity index (χ3n) is 3.85. The highest BCUT2D eigenvalue weighted by Gasteiger charge is 2.26. The Kier molecular flexibility index (Phi) is 4.37. The van der Waals surface area contributed by atoms with Gasteiger partial charge in [-0.05, 0) is 49.9 Å². The second-order valence-electron chi connectivity index (χ2n) is 6.97. The number of halogens is 1. The van der Waals surface area contributed by atoms with Gasteiger partial charge in [-0.2, -0.15) is 0 Å². The highest BCUT2D eigenvalue weighted by Crippen LogP contribution is 2.30. The first kappa shape index (κ1) is 17.2. The van der Waals surface area contributed by atoms with Gasteiger partial charge in [0.1, 0.15) is 11.4 Å². The van der Waals surface area contributed by atoms with Crippen LogP contribution in [-0.2, 0) is 4.74 Å². The van der Waals surface area contributed by atoms with Crippen molar-refractivity contribution in [2.45, 2.75) is 26.4 Å². The van der Waals surface area contributed by atoms with E-state index < -0.39 is 5.60 Å². The number of nitrogens with zero attached hydrogens (tertiary/aromatic N) is 2. The summed E-state index contributed by atoms with van der Waals surface area (Å²) in [6, 6.07) is 6.38. The molecule has 1 aliphatic rings.